The van der Waals surface area contributed by atoms with E-state index in [1.807, 2.05) is 0 Å². The van der Waals surface area contributed by atoms with Gasteiger partial charge in [0.25, 0.3) is 0 Å². The molecule has 3 N–H and O–H groups in total. The molecule has 0 bridgehead atoms. The maximum absolute atomic E-state index is 14.0. The van der Waals surface area contributed by atoms with Gasteiger partial charge in [-0.15, -0.1) is 11.3 Å². The molecule has 8 heteroatoms. The molecule has 114 valence electrons. The Morgan fingerprint density at radius 1 is 1.38 bits per heavy atom. The molecule has 0 fully saturated rings. The van der Waals surface area contributed by atoms with Crippen molar-refractivity contribution in [3.8, 4) is 0 Å². The van der Waals surface area contributed by atoms with Gasteiger partial charge in [-0.1, -0.05) is 11.6 Å². The average molecular weight is 349 g/mol. The topological polar surface area (TPSA) is 72.2 Å². The van der Waals surface area contributed by atoms with E-state index in [0.29, 0.717) is 4.34 Å². The van der Waals surface area contributed by atoms with Crippen LogP contribution >= 0.6 is 22.9 Å². The summed E-state index contributed by atoms with van der Waals surface area (Å²) < 4.78 is 41.7. The predicted molar refractivity (Wildman–Crippen MR) is 83.6 cm³/mol. The largest absolute Gasteiger partial charge is 0.399 e. The minimum Gasteiger partial charge on any atom is -0.399 e. The molecule has 1 aromatic carbocycles. The first-order valence-corrected chi connectivity index (χ1v) is 8.71. The second kappa shape index (κ2) is 5.92. The Hall–Kier alpha value is -1.15. The third kappa shape index (κ3) is 3.55. The second-order valence-corrected chi connectivity index (χ2v) is 8.06. The molecule has 0 radical (unpaired) electrons. The van der Waals surface area contributed by atoms with E-state index in [0.717, 1.165) is 10.9 Å². The highest BCUT2D eigenvalue weighted by atomic mass is 35.5. The zero-order chi connectivity index (χ0) is 15.8. The van der Waals surface area contributed by atoms with E-state index in [1.165, 1.54) is 24.3 Å². The first kappa shape index (κ1) is 16.2. The lowest BCUT2D eigenvalue weighted by Gasteiger charge is -2.14. The molecule has 0 spiro atoms. The molecule has 0 saturated carbocycles. The minimum atomic E-state index is -4.02. The standard InChI is InChI=1S/C13H14ClFN2O2S2/c1-7-5-9(16)6-11(13(7)15)21(18,19)17-8(2)10-3-4-12(14)20-10/h3-6,8,17H,16H2,1-2H3. The maximum atomic E-state index is 14.0. The van der Waals surface area contributed by atoms with Crippen LogP contribution in [-0.2, 0) is 10.0 Å². The number of nitrogen functional groups attached to an aromatic ring is 1. The molecular weight excluding hydrogens is 335 g/mol. The molecule has 1 aromatic heterocycles. The van der Waals surface area contributed by atoms with Crippen LogP contribution in [0.5, 0.6) is 0 Å². The van der Waals surface area contributed by atoms with Gasteiger partial charge in [0.05, 0.1) is 10.4 Å². The number of rotatable bonds is 4. The molecule has 1 heterocycles. The third-order valence-corrected chi connectivity index (χ3v) is 5.84. The highest BCUT2D eigenvalue weighted by Crippen LogP contribution is 2.29. The molecule has 1 unspecified atom stereocenters. The van der Waals surface area contributed by atoms with Crippen LogP contribution in [0.1, 0.15) is 23.4 Å². The summed E-state index contributed by atoms with van der Waals surface area (Å²) in [6.07, 6.45) is 0. The van der Waals surface area contributed by atoms with Gasteiger partial charge in [0.1, 0.15) is 10.7 Å². The molecule has 4 nitrogen and oxygen atoms in total. The predicted octanol–water partition coefficient (Wildman–Crippen LogP) is 3.47. The van der Waals surface area contributed by atoms with E-state index in [9.17, 15) is 12.8 Å². The van der Waals surface area contributed by atoms with Gasteiger partial charge in [0, 0.05) is 10.6 Å². The minimum absolute atomic E-state index is 0.183. The lowest BCUT2D eigenvalue weighted by atomic mass is 10.2. The molecule has 1 atom stereocenters. The lowest BCUT2D eigenvalue weighted by Crippen LogP contribution is -2.27. The van der Waals surface area contributed by atoms with Crippen molar-refractivity contribution < 1.29 is 12.8 Å². The van der Waals surface area contributed by atoms with Gasteiger partial charge in [-0.05, 0) is 43.7 Å². The van der Waals surface area contributed by atoms with E-state index in [4.69, 9.17) is 17.3 Å². The number of thiophene rings is 1. The SMILES string of the molecule is Cc1cc(N)cc(S(=O)(=O)NC(C)c2ccc(Cl)s2)c1F. The number of nitrogens with two attached hydrogens (primary N) is 1. The molecule has 0 aliphatic carbocycles. The summed E-state index contributed by atoms with van der Waals surface area (Å²) in [5.74, 6) is -0.798. The third-order valence-electron chi connectivity index (χ3n) is 2.89. The molecule has 0 amide bonds. The molecule has 0 aliphatic rings. The summed E-state index contributed by atoms with van der Waals surface area (Å²) >= 11 is 7.09. The van der Waals surface area contributed by atoms with E-state index in [2.05, 4.69) is 4.72 Å². The summed E-state index contributed by atoms with van der Waals surface area (Å²) in [6.45, 7) is 3.13. The van der Waals surface area contributed by atoms with E-state index < -0.39 is 26.8 Å². The van der Waals surface area contributed by atoms with Crippen molar-refractivity contribution in [2.24, 2.45) is 0 Å². The Bertz CT molecular complexity index is 774. The molecule has 21 heavy (non-hydrogen) atoms. The number of anilines is 1. The Morgan fingerprint density at radius 2 is 2.05 bits per heavy atom. The van der Waals surface area contributed by atoms with Crippen LogP contribution in [0.4, 0.5) is 10.1 Å². The van der Waals surface area contributed by atoms with Gasteiger partial charge in [0.2, 0.25) is 10.0 Å². The van der Waals surface area contributed by atoms with Gasteiger partial charge < -0.3 is 5.73 Å². The smallest absolute Gasteiger partial charge is 0.244 e. The van der Waals surface area contributed by atoms with Gasteiger partial charge in [0.15, 0.2) is 0 Å². The zero-order valence-electron chi connectivity index (χ0n) is 11.4. The Kier molecular flexibility index (Phi) is 4.57. The molecule has 0 aliphatic heterocycles. The first-order valence-electron chi connectivity index (χ1n) is 6.04. The molecular formula is C13H14ClFN2O2S2. The van der Waals surface area contributed by atoms with Crippen LogP contribution in [0, 0.1) is 12.7 Å². The first-order chi connectivity index (χ1) is 9.70. The highest BCUT2D eigenvalue weighted by molar-refractivity contribution is 7.89. The van der Waals surface area contributed by atoms with Gasteiger partial charge in [-0.3, -0.25) is 0 Å². The van der Waals surface area contributed by atoms with Gasteiger partial charge in [-0.2, -0.15) is 0 Å². The van der Waals surface area contributed by atoms with Crippen molar-refractivity contribution in [1.82, 2.24) is 4.72 Å². The van der Waals surface area contributed by atoms with Crippen LogP contribution in [0.15, 0.2) is 29.2 Å². The molecule has 2 aromatic rings. The summed E-state index contributed by atoms with van der Waals surface area (Å²) in [6, 6.07) is 5.38. The molecule has 2 rings (SSSR count). The van der Waals surface area contributed by atoms with Crippen LogP contribution in [0.3, 0.4) is 0 Å². The Balaban J connectivity index is 2.35. The highest BCUT2D eigenvalue weighted by Gasteiger charge is 2.24. The number of hydrogen-bond acceptors (Lipinski definition) is 4. The summed E-state index contributed by atoms with van der Waals surface area (Å²) in [4.78, 5) is 0.291. The fourth-order valence-corrected chi connectivity index (χ4v) is 4.42. The summed E-state index contributed by atoms with van der Waals surface area (Å²) in [5, 5.41) is 0. The summed E-state index contributed by atoms with van der Waals surface area (Å²) in [7, 11) is -4.02. The second-order valence-electron chi connectivity index (χ2n) is 4.63. The Morgan fingerprint density at radius 3 is 2.62 bits per heavy atom. The Labute approximate surface area is 131 Å². The van der Waals surface area contributed by atoms with Crippen LogP contribution in [0.25, 0.3) is 0 Å². The van der Waals surface area contributed by atoms with Gasteiger partial charge in [-0.25, -0.2) is 17.5 Å². The van der Waals surface area contributed by atoms with Crippen molar-refractivity contribution in [3.63, 3.8) is 0 Å². The zero-order valence-corrected chi connectivity index (χ0v) is 13.7. The monoisotopic (exact) mass is 348 g/mol. The molecule has 0 saturated heterocycles. The van der Waals surface area contributed by atoms with E-state index in [1.54, 1.807) is 19.1 Å². The number of nitrogens with one attached hydrogen (secondary N) is 1. The summed E-state index contributed by atoms with van der Waals surface area (Å²) in [5.41, 5.74) is 5.97. The number of sulfonamides is 1. The van der Waals surface area contributed by atoms with Crippen molar-refractivity contribution in [3.05, 3.63) is 44.9 Å². The van der Waals surface area contributed by atoms with E-state index in [-0.39, 0.29) is 11.3 Å². The van der Waals surface area contributed by atoms with Crippen LogP contribution in [0.2, 0.25) is 4.34 Å². The van der Waals surface area contributed by atoms with Crippen molar-refractivity contribution in [2.45, 2.75) is 24.8 Å². The van der Waals surface area contributed by atoms with E-state index >= 15 is 0 Å². The fraction of sp³-hybridized carbons (Fsp3) is 0.231. The number of halogens is 2. The number of aryl methyl sites for hydroxylation is 1. The number of hydrogen-bond donors (Lipinski definition) is 2. The van der Waals surface area contributed by atoms with Crippen molar-refractivity contribution in [1.29, 1.82) is 0 Å². The fourth-order valence-electron chi connectivity index (χ4n) is 1.87. The quantitative estimate of drug-likeness (QED) is 0.831. The van der Waals surface area contributed by atoms with Crippen molar-refractivity contribution in [2.75, 3.05) is 5.73 Å². The number of benzene rings is 1. The van der Waals surface area contributed by atoms with Crippen LogP contribution in [-0.4, -0.2) is 8.42 Å². The van der Waals surface area contributed by atoms with Crippen molar-refractivity contribution >= 4 is 38.6 Å². The lowest BCUT2D eigenvalue weighted by molar-refractivity contribution is 0.545. The maximum Gasteiger partial charge on any atom is 0.244 e. The van der Waals surface area contributed by atoms with Crippen LogP contribution < -0.4 is 10.5 Å². The average Bonchev–Trinajstić information content (AvgIpc) is 2.80. The van der Waals surface area contributed by atoms with Gasteiger partial charge >= 0.3 is 0 Å². The normalized spacial score (nSPS) is 13.3.